The van der Waals surface area contributed by atoms with Crippen LogP contribution in [-0.4, -0.2) is 69.5 Å². The monoisotopic (exact) mass is 502 g/mol. The Balaban J connectivity index is 0.00000625. The summed E-state index contributed by atoms with van der Waals surface area (Å²) < 4.78 is 22.5. The van der Waals surface area contributed by atoms with E-state index in [0.29, 0.717) is 6.42 Å². The molecule has 2 atom stereocenters. The molecule has 1 heterocycles. The fraction of sp³-hybridized carbons (Fsp3) is 0.944. The summed E-state index contributed by atoms with van der Waals surface area (Å²) in [4.78, 5) is 7.23. The van der Waals surface area contributed by atoms with Crippen molar-refractivity contribution in [1.29, 1.82) is 0 Å². The van der Waals surface area contributed by atoms with Crippen LogP contribution < -0.4 is 10.6 Å². The van der Waals surface area contributed by atoms with E-state index in [1.165, 1.54) is 45.0 Å². The minimum atomic E-state index is -2.91. The molecule has 2 N–H and O–H groups in total. The van der Waals surface area contributed by atoms with Crippen LogP contribution in [-0.2, 0) is 9.84 Å². The average Bonchev–Trinajstić information content (AvgIpc) is 2.54. The lowest BCUT2D eigenvalue weighted by Crippen LogP contribution is -2.43. The van der Waals surface area contributed by atoms with E-state index in [9.17, 15) is 8.42 Å². The molecule has 0 aromatic heterocycles. The van der Waals surface area contributed by atoms with Crippen LogP contribution in [0.1, 0.15) is 59.3 Å². The highest BCUT2D eigenvalue weighted by Crippen LogP contribution is 2.16. The highest BCUT2D eigenvalue weighted by atomic mass is 127. The largest absolute Gasteiger partial charge is 0.357 e. The molecule has 2 unspecified atom stereocenters. The van der Waals surface area contributed by atoms with Gasteiger partial charge in [-0.05, 0) is 66.0 Å². The molecule has 0 aromatic carbocycles. The van der Waals surface area contributed by atoms with Crippen molar-refractivity contribution in [3.63, 3.8) is 0 Å². The summed E-state index contributed by atoms with van der Waals surface area (Å²) >= 11 is 0. The number of likely N-dealkylation sites (tertiary alicyclic amines) is 1. The molecule has 0 spiro atoms. The topological polar surface area (TPSA) is 73.8 Å². The van der Waals surface area contributed by atoms with Crippen molar-refractivity contribution in [2.45, 2.75) is 71.4 Å². The van der Waals surface area contributed by atoms with Gasteiger partial charge in [-0.25, -0.2) is 8.42 Å². The number of piperidine rings is 1. The summed E-state index contributed by atoms with van der Waals surface area (Å²) in [6.07, 6.45) is 8.17. The van der Waals surface area contributed by atoms with Crippen LogP contribution >= 0.6 is 24.0 Å². The van der Waals surface area contributed by atoms with Crippen molar-refractivity contribution in [1.82, 2.24) is 15.5 Å². The third kappa shape index (κ3) is 12.3. The number of guanidine groups is 1. The van der Waals surface area contributed by atoms with E-state index in [-0.39, 0.29) is 35.8 Å². The molecule has 26 heavy (non-hydrogen) atoms. The normalized spacial score (nSPS) is 20.3. The number of nitrogens with one attached hydrogen (secondary N) is 2. The first kappa shape index (κ1) is 25.9. The fourth-order valence-corrected chi connectivity index (χ4v) is 3.91. The standard InChI is InChI=1S/C18H38N4O2S.HI/c1-5-19-18(21-16(2)11-15-25(4,23)24)20-12-7-9-14-22-13-8-6-10-17(22)3;/h16-17H,5-15H2,1-4H3,(H2,19,20,21);1H. The van der Waals surface area contributed by atoms with Crippen molar-refractivity contribution in [2.75, 3.05) is 38.2 Å². The minimum Gasteiger partial charge on any atom is -0.357 e. The Kier molecular flexibility index (Phi) is 13.9. The smallest absolute Gasteiger partial charge is 0.191 e. The predicted octanol–water partition coefficient (Wildman–Crippen LogP) is 2.64. The molecule has 0 radical (unpaired) electrons. The van der Waals surface area contributed by atoms with Crippen molar-refractivity contribution in [2.24, 2.45) is 4.99 Å². The zero-order valence-electron chi connectivity index (χ0n) is 17.0. The Morgan fingerprint density at radius 2 is 2.04 bits per heavy atom. The van der Waals surface area contributed by atoms with E-state index >= 15 is 0 Å². The van der Waals surface area contributed by atoms with Crippen molar-refractivity contribution in [3.8, 4) is 0 Å². The first-order chi connectivity index (χ1) is 11.8. The van der Waals surface area contributed by atoms with Crippen LogP contribution in [0.4, 0.5) is 0 Å². The van der Waals surface area contributed by atoms with Crippen LogP contribution in [0.15, 0.2) is 4.99 Å². The molecule has 0 amide bonds. The van der Waals surface area contributed by atoms with Gasteiger partial charge in [-0.1, -0.05) is 6.42 Å². The van der Waals surface area contributed by atoms with E-state index in [1.807, 2.05) is 13.8 Å². The Morgan fingerprint density at radius 3 is 2.65 bits per heavy atom. The van der Waals surface area contributed by atoms with Gasteiger partial charge in [0.15, 0.2) is 5.96 Å². The maximum atomic E-state index is 11.3. The van der Waals surface area contributed by atoms with Gasteiger partial charge < -0.3 is 15.5 Å². The molecule has 156 valence electrons. The first-order valence-corrected chi connectivity index (χ1v) is 11.8. The Morgan fingerprint density at radius 1 is 1.31 bits per heavy atom. The van der Waals surface area contributed by atoms with Gasteiger partial charge in [0.2, 0.25) is 0 Å². The zero-order chi connectivity index (χ0) is 18.7. The lowest BCUT2D eigenvalue weighted by Gasteiger charge is -2.33. The van der Waals surface area contributed by atoms with Gasteiger partial charge in [-0.2, -0.15) is 0 Å². The summed E-state index contributed by atoms with van der Waals surface area (Å²) in [5.74, 6) is 0.990. The van der Waals surface area contributed by atoms with Crippen molar-refractivity contribution in [3.05, 3.63) is 0 Å². The second-order valence-electron chi connectivity index (χ2n) is 7.31. The summed E-state index contributed by atoms with van der Waals surface area (Å²) in [6, 6.07) is 0.814. The Labute approximate surface area is 177 Å². The molecule has 1 fully saturated rings. The lowest BCUT2D eigenvalue weighted by atomic mass is 10.0. The van der Waals surface area contributed by atoms with Crippen LogP contribution in [0.2, 0.25) is 0 Å². The average molecular weight is 503 g/mol. The molecule has 0 saturated carbocycles. The van der Waals surface area contributed by atoms with Gasteiger partial charge in [0.1, 0.15) is 9.84 Å². The molecule has 1 saturated heterocycles. The zero-order valence-corrected chi connectivity index (χ0v) is 20.1. The van der Waals surface area contributed by atoms with E-state index in [4.69, 9.17) is 0 Å². The van der Waals surface area contributed by atoms with Crippen LogP contribution in [0.3, 0.4) is 0 Å². The van der Waals surface area contributed by atoms with Crippen LogP contribution in [0.25, 0.3) is 0 Å². The molecule has 0 aliphatic carbocycles. The molecule has 1 rings (SSSR count). The molecule has 1 aliphatic heterocycles. The Hall–Kier alpha value is -0.0900. The van der Waals surface area contributed by atoms with Crippen molar-refractivity contribution >= 4 is 39.8 Å². The SMILES string of the molecule is CCNC(=NCCCCN1CCCCC1C)NC(C)CCS(C)(=O)=O.I. The minimum absolute atomic E-state index is 0. The highest BCUT2D eigenvalue weighted by Gasteiger charge is 2.17. The maximum absolute atomic E-state index is 11.3. The van der Waals surface area contributed by atoms with Gasteiger partial charge in [0, 0.05) is 31.4 Å². The number of aliphatic imine (C=N–C) groups is 1. The van der Waals surface area contributed by atoms with E-state index in [1.54, 1.807) is 0 Å². The van der Waals surface area contributed by atoms with E-state index in [2.05, 4.69) is 27.4 Å². The Bertz CT molecular complexity index is 499. The van der Waals surface area contributed by atoms with Gasteiger partial charge in [-0.15, -0.1) is 24.0 Å². The number of hydrogen-bond donors (Lipinski definition) is 2. The number of unbranched alkanes of at least 4 members (excludes halogenated alkanes) is 1. The fourth-order valence-electron chi connectivity index (χ4n) is 3.12. The number of halogens is 1. The van der Waals surface area contributed by atoms with Gasteiger partial charge in [0.05, 0.1) is 5.75 Å². The molecule has 0 bridgehead atoms. The third-order valence-corrected chi connectivity index (χ3v) is 5.69. The molecular formula is C18H39IN4O2S. The second kappa shape index (κ2) is 14.0. The van der Waals surface area contributed by atoms with Gasteiger partial charge in [-0.3, -0.25) is 4.99 Å². The van der Waals surface area contributed by atoms with Gasteiger partial charge >= 0.3 is 0 Å². The molecule has 8 heteroatoms. The molecule has 0 aromatic rings. The van der Waals surface area contributed by atoms with E-state index < -0.39 is 9.84 Å². The summed E-state index contributed by atoms with van der Waals surface area (Å²) in [5, 5.41) is 6.54. The predicted molar refractivity (Wildman–Crippen MR) is 122 cm³/mol. The number of nitrogens with zero attached hydrogens (tertiary/aromatic N) is 2. The van der Waals surface area contributed by atoms with Gasteiger partial charge in [0.25, 0.3) is 0 Å². The molecule has 1 aliphatic rings. The van der Waals surface area contributed by atoms with Crippen LogP contribution in [0, 0.1) is 0 Å². The molecule has 6 nitrogen and oxygen atoms in total. The third-order valence-electron chi connectivity index (χ3n) is 4.71. The molecular weight excluding hydrogens is 463 g/mol. The summed E-state index contributed by atoms with van der Waals surface area (Å²) in [6.45, 7) is 10.4. The van der Waals surface area contributed by atoms with Crippen molar-refractivity contribution < 1.29 is 8.42 Å². The highest BCUT2D eigenvalue weighted by molar-refractivity contribution is 14.0. The number of rotatable bonds is 10. The first-order valence-electron chi connectivity index (χ1n) is 9.78. The quantitative estimate of drug-likeness (QED) is 0.208. The lowest BCUT2D eigenvalue weighted by molar-refractivity contribution is 0.158. The van der Waals surface area contributed by atoms with Crippen LogP contribution in [0.5, 0.6) is 0 Å². The second-order valence-corrected chi connectivity index (χ2v) is 9.57. The summed E-state index contributed by atoms with van der Waals surface area (Å²) in [7, 11) is -2.91. The maximum Gasteiger partial charge on any atom is 0.191 e. The number of hydrogen-bond acceptors (Lipinski definition) is 4. The van der Waals surface area contributed by atoms with E-state index in [0.717, 1.165) is 31.5 Å². The summed E-state index contributed by atoms with van der Waals surface area (Å²) in [5.41, 5.74) is 0. The number of sulfone groups is 1.